The minimum atomic E-state index is 0. The maximum atomic E-state index is 4.70. The predicted molar refractivity (Wildman–Crippen MR) is 137 cm³/mol. The molecule has 1 aliphatic rings. The second kappa shape index (κ2) is 13.1. The van der Waals surface area contributed by atoms with Gasteiger partial charge in [0.1, 0.15) is 5.82 Å². The molecule has 0 aliphatic carbocycles. The Morgan fingerprint density at radius 1 is 1.17 bits per heavy atom. The van der Waals surface area contributed by atoms with Gasteiger partial charge < -0.3 is 20.4 Å². The first-order valence-electron chi connectivity index (χ1n) is 10.5. The summed E-state index contributed by atoms with van der Waals surface area (Å²) in [4.78, 5) is 18.7. The molecule has 0 radical (unpaired) electrons. The summed E-state index contributed by atoms with van der Waals surface area (Å²) in [6, 6.07) is 4.26. The second-order valence-corrected chi connectivity index (χ2v) is 8.24. The van der Waals surface area contributed by atoms with Gasteiger partial charge >= 0.3 is 0 Å². The molecular weight excluding hydrogens is 509 g/mol. The normalized spacial score (nSPS) is 15.0. The maximum absolute atomic E-state index is 4.70. The van der Waals surface area contributed by atoms with Crippen LogP contribution in [0, 0.1) is 6.92 Å². The summed E-state index contributed by atoms with van der Waals surface area (Å²) in [5.74, 6) is 1.90. The fourth-order valence-electron chi connectivity index (χ4n) is 3.33. The fraction of sp³-hybridized carbons (Fsp3) is 0.571. The van der Waals surface area contributed by atoms with Crippen molar-refractivity contribution in [2.45, 2.75) is 33.7 Å². The zero-order chi connectivity index (χ0) is 20.5. The van der Waals surface area contributed by atoms with Crippen LogP contribution in [0.2, 0.25) is 0 Å². The Balaban J connectivity index is 0.00000320. The van der Waals surface area contributed by atoms with E-state index in [4.69, 9.17) is 4.99 Å². The van der Waals surface area contributed by atoms with Crippen LogP contribution in [0.4, 0.5) is 5.82 Å². The Hall–Kier alpha value is -1.46. The van der Waals surface area contributed by atoms with Crippen LogP contribution in [0.25, 0.3) is 0 Å². The van der Waals surface area contributed by atoms with Gasteiger partial charge in [0.25, 0.3) is 0 Å². The number of pyridine rings is 1. The molecule has 1 saturated heterocycles. The first-order valence-corrected chi connectivity index (χ1v) is 11.4. The number of thiazole rings is 1. The van der Waals surface area contributed by atoms with Gasteiger partial charge in [0.15, 0.2) is 5.96 Å². The van der Waals surface area contributed by atoms with E-state index in [2.05, 4.69) is 61.8 Å². The van der Waals surface area contributed by atoms with Gasteiger partial charge in [-0.2, -0.15) is 0 Å². The predicted octanol–water partition coefficient (Wildman–Crippen LogP) is 2.90. The Labute approximate surface area is 201 Å². The van der Waals surface area contributed by atoms with Crippen molar-refractivity contribution in [2.24, 2.45) is 4.99 Å². The highest BCUT2D eigenvalue weighted by Gasteiger charge is 2.16. The molecule has 2 aromatic heterocycles. The largest absolute Gasteiger partial charge is 0.357 e. The molecule has 3 heterocycles. The highest BCUT2D eigenvalue weighted by atomic mass is 127. The summed E-state index contributed by atoms with van der Waals surface area (Å²) in [7, 11) is 0. The standard InChI is InChI=1S/C21H33N7S.HI/c1-4-22-21(23-9-8-19-16-29-17(3)26-19)25-15-18-6-7-20(24-14-18)28-12-10-27(5-2)11-13-28;/h6-7,14,16H,4-5,8-13,15H2,1-3H3,(H2,22,23,25);1H. The Morgan fingerprint density at radius 2 is 1.97 bits per heavy atom. The zero-order valence-corrected chi connectivity index (χ0v) is 21.4. The third-order valence-electron chi connectivity index (χ3n) is 5.06. The molecule has 7 nitrogen and oxygen atoms in total. The molecule has 0 atom stereocenters. The average Bonchev–Trinajstić information content (AvgIpc) is 3.17. The average molecular weight is 544 g/mol. The molecular formula is C21H34IN7S. The van der Waals surface area contributed by atoms with Crippen LogP contribution < -0.4 is 15.5 Å². The lowest BCUT2D eigenvalue weighted by molar-refractivity contribution is 0.270. The number of likely N-dealkylation sites (N-methyl/N-ethyl adjacent to an activating group) is 1. The summed E-state index contributed by atoms with van der Waals surface area (Å²) in [5.41, 5.74) is 2.25. The van der Waals surface area contributed by atoms with Gasteiger partial charge in [-0.1, -0.05) is 13.0 Å². The second-order valence-electron chi connectivity index (χ2n) is 7.18. The van der Waals surface area contributed by atoms with Crippen LogP contribution in [-0.4, -0.2) is 66.6 Å². The highest BCUT2D eigenvalue weighted by molar-refractivity contribution is 14.0. The lowest BCUT2D eigenvalue weighted by atomic mass is 10.2. The minimum absolute atomic E-state index is 0. The number of piperazine rings is 1. The molecule has 0 aromatic carbocycles. The van der Waals surface area contributed by atoms with E-state index in [1.807, 2.05) is 13.1 Å². The molecule has 0 amide bonds. The number of anilines is 1. The van der Waals surface area contributed by atoms with Gasteiger partial charge in [-0.15, -0.1) is 35.3 Å². The smallest absolute Gasteiger partial charge is 0.191 e. The highest BCUT2D eigenvalue weighted by Crippen LogP contribution is 2.14. The number of aryl methyl sites for hydroxylation is 1. The van der Waals surface area contributed by atoms with Gasteiger partial charge in [0.2, 0.25) is 0 Å². The molecule has 2 N–H and O–H groups in total. The van der Waals surface area contributed by atoms with E-state index in [0.717, 1.165) is 80.3 Å². The molecule has 1 fully saturated rings. The van der Waals surface area contributed by atoms with Gasteiger partial charge in [0.05, 0.1) is 17.2 Å². The van der Waals surface area contributed by atoms with Crippen molar-refractivity contribution in [3.05, 3.63) is 40.0 Å². The van der Waals surface area contributed by atoms with Crippen molar-refractivity contribution >= 4 is 47.1 Å². The number of nitrogens with one attached hydrogen (secondary N) is 2. The van der Waals surface area contributed by atoms with Gasteiger partial charge in [-0.3, -0.25) is 0 Å². The number of aromatic nitrogens is 2. The number of rotatable bonds is 8. The topological polar surface area (TPSA) is 68.7 Å². The maximum Gasteiger partial charge on any atom is 0.191 e. The van der Waals surface area contributed by atoms with Crippen LogP contribution in [-0.2, 0) is 13.0 Å². The Kier molecular flexibility index (Phi) is 10.8. The first kappa shape index (κ1) is 24.8. The monoisotopic (exact) mass is 543 g/mol. The van der Waals surface area contributed by atoms with Crippen molar-refractivity contribution in [1.29, 1.82) is 0 Å². The van der Waals surface area contributed by atoms with E-state index in [1.165, 1.54) is 0 Å². The van der Waals surface area contributed by atoms with Crippen LogP contribution in [0.5, 0.6) is 0 Å². The third kappa shape index (κ3) is 7.66. The molecule has 9 heteroatoms. The SMILES string of the molecule is CCNC(=NCc1ccc(N2CCN(CC)CC2)nc1)NCCc1csc(C)n1.I. The van der Waals surface area contributed by atoms with E-state index in [9.17, 15) is 0 Å². The number of halogens is 1. The summed E-state index contributed by atoms with van der Waals surface area (Å²) in [6.07, 6.45) is 2.85. The zero-order valence-electron chi connectivity index (χ0n) is 18.2. The molecule has 30 heavy (non-hydrogen) atoms. The molecule has 3 rings (SSSR count). The third-order valence-corrected chi connectivity index (χ3v) is 5.88. The van der Waals surface area contributed by atoms with E-state index < -0.39 is 0 Å². The van der Waals surface area contributed by atoms with Crippen LogP contribution >= 0.6 is 35.3 Å². The number of aliphatic imine (C=N–C) groups is 1. The molecule has 2 aromatic rings. The summed E-state index contributed by atoms with van der Waals surface area (Å²) < 4.78 is 0. The molecule has 166 valence electrons. The van der Waals surface area contributed by atoms with E-state index in [-0.39, 0.29) is 24.0 Å². The van der Waals surface area contributed by atoms with Crippen molar-refractivity contribution in [1.82, 2.24) is 25.5 Å². The lowest BCUT2D eigenvalue weighted by Crippen LogP contribution is -2.46. The molecule has 0 saturated carbocycles. The number of hydrogen-bond donors (Lipinski definition) is 2. The quantitative estimate of drug-likeness (QED) is 0.303. The number of nitrogens with zero attached hydrogens (tertiary/aromatic N) is 5. The van der Waals surface area contributed by atoms with E-state index >= 15 is 0 Å². The Morgan fingerprint density at radius 3 is 2.57 bits per heavy atom. The van der Waals surface area contributed by atoms with Gasteiger partial charge in [-0.25, -0.2) is 15.0 Å². The lowest BCUT2D eigenvalue weighted by Gasteiger charge is -2.34. The van der Waals surface area contributed by atoms with Crippen molar-refractivity contribution in [3.8, 4) is 0 Å². The van der Waals surface area contributed by atoms with Crippen molar-refractivity contribution in [2.75, 3.05) is 50.7 Å². The van der Waals surface area contributed by atoms with E-state index in [1.54, 1.807) is 11.3 Å². The molecule has 0 spiro atoms. The van der Waals surface area contributed by atoms with Gasteiger partial charge in [-0.05, 0) is 32.0 Å². The molecule has 0 bridgehead atoms. The van der Waals surface area contributed by atoms with Crippen molar-refractivity contribution < 1.29 is 0 Å². The summed E-state index contributed by atoms with van der Waals surface area (Å²) in [5, 5.41) is 9.93. The number of guanidine groups is 1. The number of hydrogen-bond acceptors (Lipinski definition) is 6. The fourth-order valence-corrected chi connectivity index (χ4v) is 3.98. The van der Waals surface area contributed by atoms with E-state index in [0.29, 0.717) is 6.54 Å². The van der Waals surface area contributed by atoms with Gasteiger partial charge in [0, 0.05) is 57.3 Å². The molecule has 0 unspecified atom stereocenters. The van der Waals surface area contributed by atoms with Crippen LogP contribution in [0.15, 0.2) is 28.7 Å². The Bertz CT molecular complexity index is 770. The minimum Gasteiger partial charge on any atom is -0.357 e. The first-order chi connectivity index (χ1) is 14.2. The van der Waals surface area contributed by atoms with Crippen molar-refractivity contribution in [3.63, 3.8) is 0 Å². The molecule has 1 aliphatic heterocycles. The van der Waals surface area contributed by atoms with Crippen LogP contribution in [0.1, 0.15) is 30.1 Å². The summed E-state index contributed by atoms with van der Waals surface area (Å²) >= 11 is 1.70. The summed E-state index contributed by atoms with van der Waals surface area (Å²) in [6.45, 7) is 14.1. The van der Waals surface area contributed by atoms with Crippen LogP contribution in [0.3, 0.4) is 0 Å².